The Morgan fingerprint density at radius 1 is 1.18 bits per heavy atom. The second-order valence-corrected chi connectivity index (χ2v) is 7.71. The average Bonchev–Trinajstić information content (AvgIpc) is 3.05. The Bertz CT molecular complexity index is 749. The molecule has 0 aromatic heterocycles. The Balaban J connectivity index is 1.34. The maximum absolute atomic E-state index is 12.6. The zero-order chi connectivity index (χ0) is 19.5. The van der Waals surface area contributed by atoms with Gasteiger partial charge in [0.15, 0.2) is 6.10 Å². The monoisotopic (exact) mass is 384 g/mol. The summed E-state index contributed by atoms with van der Waals surface area (Å²) < 4.78 is 5.64. The maximum atomic E-state index is 12.6. The van der Waals surface area contributed by atoms with Crippen LogP contribution in [0.3, 0.4) is 0 Å². The van der Waals surface area contributed by atoms with Crippen molar-refractivity contribution in [3.63, 3.8) is 0 Å². The van der Waals surface area contributed by atoms with Gasteiger partial charge in [-0.3, -0.25) is 9.80 Å². The van der Waals surface area contributed by atoms with E-state index in [1.54, 1.807) is 9.80 Å². The third-order valence-electron chi connectivity index (χ3n) is 5.77. The van der Waals surface area contributed by atoms with E-state index in [1.807, 2.05) is 31.2 Å². The predicted octanol–water partition coefficient (Wildman–Crippen LogP) is 2.14. The number of rotatable bonds is 4. The molecular weight excluding hydrogens is 356 g/mol. The number of nitrogens with one attached hydrogen (secondary N) is 1. The fourth-order valence-corrected chi connectivity index (χ4v) is 4.11. The zero-order valence-electron chi connectivity index (χ0n) is 16.3. The van der Waals surface area contributed by atoms with E-state index >= 15 is 0 Å². The number of piperazine rings is 1. The minimum atomic E-state index is -0.330. The molecule has 0 bridgehead atoms. The summed E-state index contributed by atoms with van der Waals surface area (Å²) >= 11 is 0. The molecule has 1 aromatic carbocycles. The van der Waals surface area contributed by atoms with Crippen LogP contribution in [0.5, 0.6) is 0 Å². The van der Waals surface area contributed by atoms with E-state index in [4.69, 9.17) is 4.74 Å². The number of ether oxygens (including phenoxy) is 1. The Labute approximate surface area is 165 Å². The first-order valence-corrected chi connectivity index (χ1v) is 10.1. The second-order valence-electron chi connectivity index (χ2n) is 7.71. The fraction of sp³-hybridized carbons (Fsp3) is 0.524. The molecule has 2 unspecified atom stereocenters. The van der Waals surface area contributed by atoms with Crippen LogP contribution in [-0.2, 0) is 4.74 Å². The quantitative estimate of drug-likeness (QED) is 0.808. The lowest BCUT2D eigenvalue weighted by Gasteiger charge is -2.37. The standard InChI is InChI=1S/C21H28N4O3/c1-16-5-7-17(8-6-16)19-18-15-24(13-14-25(18)21(27)28-19)20(26)22-9-12-23-10-3-2-4-11-23/h2-3,5-8,18-19H,4,9-15H2,1H3,(H,22,26). The molecule has 28 heavy (non-hydrogen) atoms. The second kappa shape index (κ2) is 8.22. The van der Waals surface area contributed by atoms with Gasteiger partial charge in [-0.2, -0.15) is 0 Å². The fourth-order valence-electron chi connectivity index (χ4n) is 4.11. The molecule has 2 atom stereocenters. The molecule has 0 aliphatic carbocycles. The number of carbonyl (C=O) groups is 2. The lowest BCUT2D eigenvalue weighted by molar-refractivity contribution is 0.115. The summed E-state index contributed by atoms with van der Waals surface area (Å²) in [5, 5.41) is 3.03. The minimum Gasteiger partial charge on any atom is -0.439 e. The molecule has 3 aliphatic rings. The van der Waals surface area contributed by atoms with E-state index in [9.17, 15) is 9.59 Å². The molecule has 3 amide bonds. The third kappa shape index (κ3) is 3.99. The summed E-state index contributed by atoms with van der Waals surface area (Å²) in [6.45, 7) is 7.05. The van der Waals surface area contributed by atoms with Crippen LogP contribution in [0.25, 0.3) is 0 Å². The van der Waals surface area contributed by atoms with Gasteiger partial charge in [-0.15, -0.1) is 0 Å². The van der Waals surface area contributed by atoms with Gasteiger partial charge in [-0.1, -0.05) is 42.0 Å². The van der Waals surface area contributed by atoms with Gasteiger partial charge < -0.3 is 15.0 Å². The molecule has 1 N–H and O–H groups in total. The highest BCUT2D eigenvalue weighted by atomic mass is 16.6. The summed E-state index contributed by atoms with van der Waals surface area (Å²) in [4.78, 5) is 30.8. The SMILES string of the molecule is Cc1ccc(C2OC(=O)N3CCN(C(=O)NCCN4CC=CCC4)CC23)cc1. The molecular formula is C21H28N4O3. The molecule has 2 saturated heterocycles. The van der Waals surface area contributed by atoms with Gasteiger partial charge in [0.05, 0.1) is 6.04 Å². The van der Waals surface area contributed by atoms with Crippen molar-refractivity contribution in [2.75, 3.05) is 45.8 Å². The van der Waals surface area contributed by atoms with Crippen molar-refractivity contribution in [1.82, 2.24) is 20.0 Å². The van der Waals surface area contributed by atoms with E-state index in [-0.39, 0.29) is 24.3 Å². The van der Waals surface area contributed by atoms with Gasteiger partial charge in [-0.25, -0.2) is 9.59 Å². The molecule has 7 nitrogen and oxygen atoms in total. The van der Waals surface area contributed by atoms with Gasteiger partial charge in [0.2, 0.25) is 0 Å². The Morgan fingerprint density at radius 2 is 2.00 bits per heavy atom. The Morgan fingerprint density at radius 3 is 2.75 bits per heavy atom. The molecule has 2 fully saturated rings. The summed E-state index contributed by atoms with van der Waals surface area (Å²) in [7, 11) is 0. The number of urea groups is 1. The highest BCUT2D eigenvalue weighted by Gasteiger charge is 2.46. The van der Waals surface area contributed by atoms with E-state index in [0.717, 1.165) is 31.6 Å². The number of fused-ring (bicyclic) bond motifs is 1. The van der Waals surface area contributed by atoms with Crippen molar-refractivity contribution >= 4 is 12.1 Å². The topological polar surface area (TPSA) is 65.1 Å². The first-order valence-electron chi connectivity index (χ1n) is 10.1. The van der Waals surface area contributed by atoms with Crippen molar-refractivity contribution in [2.45, 2.75) is 25.5 Å². The minimum absolute atomic E-state index is 0.0609. The molecule has 7 heteroatoms. The van der Waals surface area contributed by atoms with E-state index in [0.29, 0.717) is 26.2 Å². The largest absolute Gasteiger partial charge is 0.439 e. The highest BCUT2D eigenvalue weighted by Crippen LogP contribution is 2.34. The first kappa shape index (κ1) is 18.8. The Hall–Kier alpha value is -2.54. The van der Waals surface area contributed by atoms with Gasteiger partial charge in [0.25, 0.3) is 0 Å². The maximum Gasteiger partial charge on any atom is 0.410 e. The van der Waals surface area contributed by atoms with Crippen LogP contribution in [0.2, 0.25) is 0 Å². The van der Waals surface area contributed by atoms with Gasteiger partial charge in [-0.05, 0) is 18.9 Å². The van der Waals surface area contributed by atoms with Crippen LogP contribution in [0, 0.1) is 6.92 Å². The van der Waals surface area contributed by atoms with Crippen molar-refractivity contribution in [2.24, 2.45) is 0 Å². The number of nitrogens with zero attached hydrogens (tertiary/aromatic N) is 3. The number of aryl methyl sites for hydroxylation is 1. The third-order valence-corrected chi connectivity index (χ3v) is 5.77. The van der Waals surface area contributed by atoms with Crippen molar-refractivity contribution < 1.29 is 14.3 Å². The first-order chi connectivity index (χ1) is 13.6. The number of hydrogen-bond donors (Lipinski definition) is 1. The lowest BCUT2D eigenvalue weighted by Crippen LogP contribution is -2.56. The van der Waals surface area contributed by atoms with E-state index < -0.39 is 0 Å². The molecule has 1 aromatic rings. The van der Waals surface area contributed by atoms with Crippen LogP contribution in [0.15, 0.2) is 36.4 Å². The zero-order valence-corrected chi connectivity index (χ0v) is 16.3. The number of cyclic esters (lactones) is 1. The van der Waals surface area contributed by atoms with E-state index in [2.05, 4.69) is 22.4 Å². The highest BCUT2D eigenvalue weighted by molar-refractivity contribution is 5.76. The summed E-state index contributed by atoms with van der Waals surface area (Å²) in [6, 6.07) is 7.85. The molecule has 0 saturated carbocycles. The molecule has 4 rings (SSSR count). The molecule has 0 radical (unpaired) electrons. The number of amides is 3. The average molecular weight is 384 g/mol. The summed E-state index contributed by atoms with van der Waals surface area (Å²) in [5.41, 5.74) is 2.14. The number of benzene rings is 1. The number of carbonyl (C=O) groups excluding carboxylic acids is 2. The van der Waals surface area contributed by atoms with Crippen LogP contribution in [0.1, 0.15) is 23.7 Å². The summed E-state index contributed by atoms with van der Waals surface area (Å²) in [6.07, 6.45) is 4.83. The van der Waals surface area contributed by atoms with Gasteiger partial charge >= 0.3 is 12.1 Å². The van der Waals surface area contributed by atoms with Crippen molar-refractivity contribution in [1.29, 1.82) is 0 Å². The molecule has 3 aliphatic heterocycles. The van der Waals surface area contributed by atoms with Crippen LogP contribution < -0.4 is 5.32 Å². The van der Waals surface area contributed by atoms with Crippen LogP contribution >= 0.6 is 0 Å². The van der Waals surface area contributed by atoms with Crippen LogP contribution in [0.4, 0.5) is 9.59 Å². The van der Waals surface area contributed by atoms with Crippen LogP contribution in [-0.4, -0.2) is 78.7 Å². The summed E-state index contributed by atoms with van der Waals surface area (Å²) in [5.74, 6) is 0. The van der Waals surface area contributed by atoms with Gasteiger partial charge in [0, 0.05) is 45.8 Å². The predicted molar refractivity (Wildman–Crippen MR) is 106 cm³/mol. The molecule has 3 heterocycles. The number of hydrogen-bond acceptors (Lipinski definition) is 4. The lowest BCUT2D eigenvalue weighted by atomic mass is 9.99. The molecule has 0 spiro atoms. The van der Waals surface area contributed by atoms with Gasteiger partial charge in [0.1, 0.15) is 0 Å². The normalized spacial score (nSPS) is 24.8. The Kier molecular flexibility index (Phi) is 5.52. The van der Waals surface area contributed by atoms with Crippen molar-refractivity contribution in [3.8, 4) is 0 Å². The van der Waals surface area contributed by atoms with Crippen molar-refractivity contribution in [3.05, 3.63) is 47.5 Å². The van der Waals surface area contributed by atoms with E-state index in [1.165, 1.54) is 5.56 Å². The molecule has 150 valence electrons. The smallest absolute Gasteiger partial charge is 0.410 e.